The normalized spacial score (nSPS) is 9.73. The second kappa shape index (κ2) is 5.06. The molecule has 6 heteroatoms. The molecule has 0 heterocycles. The SMILES string of the molecule is COC(=O)Cc1cccc([N+](=O)[O-])c1I. The van der Waals surface area contributed by atoms with Crippen molar-refractivity contribution in [1.82, 2.24) is 0 Å². The summed E-state index contributed by atoms with van der Waals surface area (Å²) >= 11 is 1.86. The molecule has 0 spiro atoms. The lowest BCUT2D eigenvalue weighted by Gasteiger charge is -2.03. The van der Waals surface area contributed by atoms with E-state index in [1.165, 1.54) is 13.2 Å². The van der Waals surface area contributed by atoms with Gasteiger partial charge in [-0.2, -0.15) is 0 Å². The lowest BCUT2D eigenvalue weighted by atomic mass is 10.1. The van der Waals surface area contributed by atoms with Gasteiger partial charge in [-0.05, 0) is 28.2 Å². The number of rotatable bonds is 3. The Morgan fingerprint density at radius 1 is 1.60 bits per heavy atom. The molecule has 15 heavy (non-hydrogen) atoms. The van der Waals surface area contributed by atoms with Crippen molar-refractivity contribution in [2.24, 2.45) is 0 Å². The number of nitrogens with zero attached hydrogens (tertiary/aromatic N) is 1. The highest BCUT2D eigenvalue weighted by atomic mass is 127. The van der Waals surface area contributed by atoms with E-state index in [-0.39, 0.29) is 12.1 Å². The van der Waals surface area contributed by atoms with E-state index < -0.39 is 10.9 Å². The number of hydrogen-bond acceptors (Lipinski definition) is 4. The molecule has 80 valence electrons. The zero-order valence-electron chi connectivity index (χ0n) is 7.90. The van der Waals surface area contributed by atoms with Crippen molar-refractivity contribution < 1.29 is 14.5 Å². The van der Waals surface area contributed by atoms with Crippen LogP contribution in [0.25, 0.3) is 0 Å². The van der Waals surface area contributed by atoms with Crippen LogP contribution < -0.4 is 0 Å². The Hall–Kier alpha value is -1.18. The summed E-state index contributed by atoms with van der Waals surface area (Å²) in [5.41, 5.74) is 0.619. The van der Waals surface area contributed by atoms with Crippen molar-refractivity contribution in [2.45, 2.75) is 6.42 Å². The number of nitro groups is 1. The Balaban J connectivity index is 3.04. The van der Waals surface area contributed by atoms with Gasteiger partial charge in [0.1, 0.15) is 0 Å². The molecule has 0 amide bonds. The molecule has 0 atom stereocenters. The van der Waals surface area contributed by atoms with Crippen LogP contribution in [0, 0.1) is 13.7 Å². The third-order valence-corrected chi connectivity index (χ3v) is 3.06. The van der Waals surface area contributed by atoms with Crippen molar-refractivity contribution in [3.05, 3.63) is 37.4 Å². The molecular formula is C9H8INO4. The average Bonchev–Trinajstić information content (AvgIpc) is 2.20. The van der Waals surface area contributed by atoms with E-state index in [9.17, 15) is 14.9 Å². The molecule has 0 saturated heterocycles. The van der Waals surface area contributed by atoms with Gasteiger partial charge in [-0.25, -0.2) is 0 Å². The van der Waals surface area contributed by atoms with Crippen LogP contribution >= 0.6 is 22.6 Å². The maximum atomic E-state index is 11.0. The van der Waals surface area contributed by atoms with Gasteiger partial charge in [-0.3, -0.25) is 14.9 Å². The Bertz CT molecular complexity index is 405. The van der Waals surface area contributed by atoms with Crippen molar-refractivity contribution >= 4 is 34.2 Å². The van der Waals surface area contributed by atoms with E-state index in [4.69, 9.17) is 0 Å². The van der Waals surface area contributed by atoms with Crippen molar-refractivity contribution in [2.75, 3.05) is 7.11 Å². The molecule has 0 bridgehead atoms. The highest BCUT2D eigenvalue weighted by Gasteiger charge is 2.16. The quantitative estimate of drug-likeness (QED) is 0.369. The molecular weight excluding hydrogens is 313 g/mol. The minimum atomic E-state index is -0.470. The zero-order valence-corrected chi connectivity index (χ0v) is 10.1. The Morgan fingerprint density at radius 3 is 2.80 bits per heavy atom. The fraction of sp³-hybridized carbons (Fsp3) is 0.222. The molecule has 0 unspecified atom stereocenters. The van der Waals surface area contributed by atoms with E-state index in [0.29, 0.717) is 9.13 Å². The number of benzene rings is 1. The summed E-state index contributed by atoms with van der Waals surface area (Å²) in [5.74, 6) is -0.409. The number of esters is 1. The van der Waals surface area contributed by atoms with Gasteiger partial charge in [0.25, 0.3) is 5.69 Å². The summed E-state index contributed by atoms with van der Waals surface area (Å²) in [5, 5.41) is 10.6. The van der Waals surface area contributed by atoms with Gasteiger partial charge in [0.2, 0.25) is 0 Å². The lowest BCUT2D eigenvalue weighted by Crippen LogP contribution is -2.06. The van der Waals surface area contributed by atoms with E-state index in [1.807, 2.05) is 22.6 Å². The molecule has 0 radical (unpaired) electrons. The summed E-state index contributed by atoms with van der Waals surface area (Å²) in [6.07, 6.45) is 0.0520. The van der Waals surface area contributed by atoms with Crippen molar-refractivity contribution in [1.29, 1.82) is 0 Å². The molecule has 0 fully saturated rings. The van der Waals surface area contributed by atoms with Crippen LogP contribution in [0.1, 0.15) is 5.56 Å². The number of hydrogen-bond donors (Lipinski definition) is 0. The van der Waals surface area contributed by atoms with Gasteiger partial charge < -0.3 is 4.74 Å². The Labute approximate surface area is 99.7 Å². The summed E-state index contributed by atoms with van der Waals surface area (Å²) in [6, 6.07) is 4.63. The smallest absolute Gasteiger partial charge is 0.310 e. The first-order valence-electron chi connectivity index (χ1n) is 4.05. The van der Waals surface area contributed by atoms with Crippen LogP contribution in [0.3, 0.4) is 0 Å². The standard InChI is InChI=1S/C9H8INO4/c1-15-8(12)5-6-3-2-4-7(9(6)10)11(13)14/h2-4H,5H2,1H3. The van der Waals surface area contributed by atoms with E-state index in [1.54, 1.807) is 12.1 Å². The van der Waals surface area contributed by atoms with Gasteiger partial charge in [-0.1, -0.05) is 12.1 Å². The number of carbonyl (C=O) groups excluding carboxylic acids is 1. The average molecular weight is 321 g/mol. The van der Waals surface area contributed by atoms with Crippen LogP contribution in [0.15, 0.2) is 18.2 Å². The van der Waals surface area contributed by atoms with Crippen molar-refractivity contribution in [3.8, 4) is 0 Å². The number of halogens is 1. The molecule has 0 N–H and O–H groups in total. The largest absolute Gasteiger partial charge is 0.469 e. The molecule has 1 rings (SSSR count). The van der Waals surface area contributed by atoms with Crippen LogP contribution in [-0.4, -0.2) is 18.0 Å². The van der Waals surface area contributed by atoms with Crippen molar-refractivity contribution in [3.63, 3.8) is 0 Å². The number of nitro benzene ring substituents is 1. The lowest BCUT2D eigenvalue weighted by molar-refractivity contribution is -0.385. The zero-order chi connectivity index (χ0) is 11.4. The predicted octanol–water partition coefficient (Wildman–Crippen LogP) is 1.91. The molecule has 0 aliphatic carbocycles. The van der Waals surface area contributed by atoms with E-state index in [2.05, 4.69) is 4.74 Å². The number of carbonyl (C=O) groups is 1. The minimum absolute atomic E-state index is 0.0111. The highest BCUT2D eigenvalue weighted by Crippen LogP contribution is 2.24. The molecule has 0 aliphatic heterocycles. The topological polar surface area (TPSA) is 69.4 Å². The monoisotopic (exact) mass is 321 g/mol. The first-order valence-corrected chi connectivity index (χ1v) is 5.12. The molecule has 1 aromatic carbocycles. The van der Waals surface area contributed by atoms with Gasteiger partial charge >= 0.3 is 5.97 Å². The van der Waals surface area contributed by atoms with Crippen LogP contribution in [-0.2, 0) is 16.0 Å². The molecule has 0 saturated carbocycles. The molecule has 5 nitrogen and oxygen atoms in total. The first-order chi connectivity index (χ1) is 7.06. The van der Waals surface area contributed by atoms with Crippen LogP contribution in [0.4, 0.5) is 5.69 Å². The maximum Gasteiger partial charge on any atom is 0.310 e. The Morgan fingerprint density at radius 2 is 2.27 bits per heavy atom. The Kier molecular flexibility index (Phi) is 4.01. The predicted molar refractivity (Wildman–Crippen MR) is 61.5 cm³/mol. The first kappa shape index (κ1) is 11.9. The molecule has 0 aromatic heterocycles. The third-order valence-electron chi connectivity index (χ3n) is 1.82. The summed E-state index contributed by atoms with van der Waals surface area (Å²) in [4.78, 5) is 21.2. The number of ether oxygens (including phenoxy) is 1. The second-order valence-electron chi connectivity index (χ2n) is 2.76. The highest BCUT2D eigenvalue weighted by molar-refractivity contribution is 14.1. The van der Waals surface area contributed by atoms with Gasteiger partial charge in [-0.15, -0.1) is 0 Å². The summed E-state index contributed by atoms with van der Waals surface area (Å²) in [7, 11) is 1.28. The fourth-order valence-electron chi connectivity index (χ4n) is 1.07. The molecule has 0 aliphatic rings. The van der Waals surface area contributed by atoms with Crippen LogP contribution in [0.5, 0.6) is 0 Å². The minimum Gasteiger partial charge on any atom is -0.469 e. The van der Waals surface area contributed by atoms with E-state index >= 15 is 0 Å². The second-order valence-corrected chi connectivity index (χ2v) is 3.84. The van der Waals surface area contributed by atoms with Gasteiger partial charge in [0.05, 0.1) is 22.0 Å². The van der Waals surface area contributed by atoms with Gasteiger partial charge in [0, 0.05) is 6.07 Å². The third kappa shape index (κ3) is 2.88. The van der Waals surface area contributed by atoms with Crippen LogP contribution in [0.2, 0.25) is 0 Å². The maximum absolute atomic E-state index is 11.0. The van der Waals surface area contributed by atoms with E-state index in [0.717, 1.165) is 0 Å². The van der Waals surface area contributed by atoms with Gasteiger partial charge in [0.15, 0.2) is 0 Å². The fourth-order valence-corrected chi connectivity index (χ4v) is 1.82. The summed E-state index contributed by atoms with van der Waals surface area (Å²) in [6.45, 7) is 0. The number of methoxy groups -OCH3 is 1. The molecule has 1 aromatic rings. The summed E-state index contributed by atoms with van der Waals surface area (Å²) < 4.78 is 4.97.